The Morgan fingerprint density at radius 2 is 2.17 bits per heavy atom. The van der Waals surface area contributed by atoms with E-state index >= 15 is 0 Å². The number of hydrogen-bond donors (Lipinski definition) is 1. The normalized spacial score (nSPS) is 23.8. The summed E-state index contributed by atoms with van der Waals surface area (Å²) in [6.07, 6.45) is 0.574. The van der Waals surface area contributed by atoms with Crippen LogP contribution in [0.25, 0.3) is 0 Å². The zero-order chi connectivity index (χ0) is 13.1. The Hall–Kier alpha value is -1.53. The van der Waals surface area contributed by atoms with E-state index in [1.165, 1.54) is 16.8 Å². The Morgan fingerprint density at radius 3 is 2.89 bits per heavy atom. The van der Waals surface area contributed by atoms with Gasteiger partial charge in [-0.25, -0.2) is 0 Å². The molecule has 1 saturated heterocycles. The third-order valence-electron chi connectivity index (χ3n) is 3.66. The quantitative estimate of drug-likeness (QED) is 0.867. The molecule has 0 saturated carbocycles. The number of aryl methyl sites for hydroxylation is 2. The van der Waals surface area contributed by atoms with Crippen molar-refractivity contribution in [3.8, 4) is 6.07 Å². The van der Waals surface area contributed by atoms with E-state index in [2.05, 4.69) is 55.3 Å². The van der Waals surface area contributed by atoms with Crippen molar-refractivity contribution < 1.29 is 0 Å². The SMILES string of the molecule is Cc1ccc(C)c(N2C(C)CNCC2CC#N)c1. The van der Waals surface area contributed by atoms with Gasteiger partial charge in [0.15, 0.2) is 0 Å². The summed E-state index contributed by atoms with van der Waals surface area (Å²) in [6.45, 7) is 8.36. The highest BCUT2D eigenvalue weighted by atomic mass is 15.2. The summed E-state index contributed by atoms with van der Waals surface area (Å²) in [4.78, 5) is 2.42. The predicted octanol–water partition coefficient (Wildman–Crippen LogP) is 2.38. The van der Waals surface area contributed by atoms with Crippen LogP contribution in [0.5, 0.6) is 0 Å². The predicted molar refractivity (Wildman–Crippen MR) is 74.7 cm³/mol. The summed E-state index contributed by atoms with van der Waals surface area (Å²) in [5.74, 6) is 0. The van der Waals surface area contributed by atoms with Crippen LogP contribution in [0.4, 0.5) is 5.69 Å². The Labute approximate surface area is 109 Å². The van der Waals surface area contributed by atoms with Crippen LogP contribution in [0.1, 0.15) is 24.5 Å². The number of hydrogen-bond acceptors (Lipinski definition) is 3. The lowest BCUT2D eigenvalue weighted by Gasteiger charge is -2.43. The summed E-state index contributed by atoms with van der Waals surface area (Å²) in [5, 5.41) is 12.4. The molecule has 0 aliphatic carbocycles. The number of nitrogens with zero attached hydrogens (tertiary/aromatic N) is 2. The van der Waals surface area contributed by atoms with Gasteiger partial charge in [0.05, 0.1) is 18.5 Å². The topological polar surface area (TPSA) is 39.1 Å². The Kier molecular flexibility index (Phi) is 3.88. The summed E-state index contributed by atoms with van der Waals surface area (Å²) < 4.78 is 0. The zero-order valence-electron chi connectivity index (χ0n) is 11.4. The number of piperazine rings is 1. The van der Waals surface area contributed by atoms with Crippen molar-refractivity contribution in [2.75, 3.05) is 18.0 Å². The van der Waals surface area contributed by atoms with E-state index in [9.17, 15) is 0 Å². The van der Waals surface area contributed by atoms with Crippen molar-refractivity contribution in [3.05, 3.63) is 29.3 Å². The fourth-order valence-corrected chi connectivity index (χ4v) is 2.72. The molecule has 1 aliphatic rings. The van der Waals surface area contributed by atoms with Gasteiger partial charge in [-0.15, -0.1) is 0 Å². The van der Waals surface area contributed by atoms with Gasteiger partial charge >= 0.3 is 0 Å². The molecule has 96 valence electrons. The molecule has 18 heavy (non-hydrogen) atoms. The molecule has 1 aromatic carbocycles. The first-order chi connectivity index (χ1) is 8.63. The van der Waals surface area contributed by atoms with Gasteiger partial charge in [0.2, 0.25) is 0 Å². The monoisotopic (exact) mass is 243 g/mol. The molecule has 0 radical (unpaired) electrons. The number of benzene rings is 1. The third-order valence-corrected chi connectivity index (χ3v) is 3.66. The van der Waals surface area contributed by atoms with Crippen molar-refractivity contribution in [2.24, 2.45) is 0 Å². The molecule has 1 aliphatic heterocycles. The average Bonchev–Trinajstić information content (AvgIpc) is 2.34. The molecule has 0 amide bonds. The lowest BCUT2D eigenvalue weighted by molar-refractivity contribution is 0.416. The van der Waals surface area contributed by atoms with E-state index in [0.717, 1.165) is 13.1 Å². The fourth-order valence-electron chi connectivity index (χ4n) is 2.72. The van der Waals surface area contributed by atoms with Crippen LogP contribution in [-0.4, -0.2) is 25.2 Å². The molecule has 1 heterocycles. The Bertz CT molecular complexity index is 461. The van der Waals surface area contributed by atoms with Crippen LogP contribution in [0, 0.1) is 25.2 Å². The van der Waals surface area contributed by atoms with E-state index in [4.69, 9.17) is 5.26 Å². The summed E-state index contributed by atoms with van der Waals surface area (Å²) in [5.41, 5.74) is 3.85. The number of rotatable bonds is 2. The first kappa shape index (κ1) is 12.9. The van der Waals surface area contributed by atoms with Crippen LogP contribution >= 0.6 is 0 Å². The molecular weight excluding hydrogens is 222 g/mol. The average molecular weight is 243 g/mol. The van der Waals surface area contributed by atoms with Gasteiger partial charge in [-0.2, -0.15) is 5.26 Å². The second-order valence-corrected chi connectivity index (χ2v) is 5.22. The van der Waals surface area contributed by atoms with Gasteiger partial charge in [-0.1, -0.05) is 12.1 Å². The van der Waals surface area contributed by atoms with Gasteiger partial charge in [-0.05, 0) is 38.0 Å². The van der Waals surface area contributed by atoms with Gasteiger partial charge in [0.1, 0.15) is 0 Å². The molecule has 1 fully saturated rings. The van der Waals surface area contributed by atoms with Gasteiger partial charge < -0.3 is 10.2 Å². The molecule has 1 N–H and O–H groups in total. The lowest BCUT2D eigenvalue weighted by Crippen LogP contribution is -2.56. The highest BCUT2D eigenvalue weighted by Gasteiger charge is 2.28. The van der Waals surface area contributed by atoms with Crippen LogP contribution in [0.3, 0.4) is 0 Å². The summed E-state index contributed by atoms with van der Waals surface area (Å²) >= 11 is 0. The minimum absolute atomic E-state index is 0.277. The Morgan fingerprint density at radius 1 is 1.39 bits per heavy atom. The van der Waals surface area contributed by atoms with Gasteiger partial charge in [0.25, 0.3) is 0 Å². The molecule has 1 aromatic rings. The molecule has 2 rings (SSSR count). The van der Waals surface area contributed by atoms with Crippen molar-refractivity contribution in [1.29, 1.82) is 5.26 Å². The van der Waals surface area contributed by atoms with Gasteiger partial charge in [0, 0.05) is 24.8 Å². The van der Waals surface area contributed by atoms with Crippen LogP contribution < -0.4 is 10.2 Å². The highest BCUT2D eigenvalue weighted by Crippen LogP contribution is 2.27. The highest BCUT2D eigenvalue weighted by molar-refractivity contribution is 5.57. The molecule has 3 nitrogen and oxygen atoms in total. The minimum Gasteiger partial charge on any atom is -0.362 e. The fraction of sp³-hybridized carbons (Fsp3) is 0.533. The first-order valence-electron chi connectivity index (χ1n) is 6.56. The number of anilines is 1. The number of nitriles is 1. The number of nitrogens with one attached hydrogen (secondary N) is 1. The molecule has 2 atom stereocenters. The van der Waals surface area contributed by atoms with Crippen molar-refractivity contribution in [2.45, 2.75) is 39.3 Å². The molecule has 0 bridgehead atoms. The van der Waals surface area contributed by atoms with Crippen molar-refractivity contribution in [1.82, 2.24) is 5.32 Å². The minimum atomic E-state index is 0.277. The second kappa shape index (κ2) is 5.41. The summed E-state index contributed by atoms with van der Waals surface area (Å²) in [6, 6.07) is 9.57. The molecule has 2 unspecified atom stereocenters. The maximum Gasteiger partial charge on any atom is 0.0643 e. The van der Waals surface area contributed by atoms with Gasteiger partial charge in [-0.3, -0.25) is 0 Å². The van der Waals surface area contributed by atoms with E-state index < -0.39 is 0 Å². The third kappa shape index (κ3) is 2.49. The van der Waals surface area contributed by atoms with Crippen LogP contribution in [0.15, 0.2) is 18.2 Å². The maximum atomic E-state index is 8.99. The smallest absolute Gasteiger partial charge is 0.0643 e. The van der Waals surface area contributed by atoms with E-state index in [0.29, 0.717) is 12.5 Å². The molecule has 0 spiro atoms. The Balaban J connectivity index is 2.37. The lowest BCUT2D eigenvalue weighted by atomic mass is 10.0. The van der Waals surface area contributed by atoms with E-state index in [1.807, 2.05) is 0 Å². The van der Waals surface area contributed by atoms with E-state index in [1.54, 1.807) is 0 Å². The first-order valence-corrected chi connectivity index (χ1v) is 6.56. The van der Waals surface area contributed by atoms with Crippen molar-refractivity contribution >= 4 is 5.69 Å². The molecule has 3 heteroatoms. The van der Waals surface area contributed by atoms with E-state index in [-0.39, 0.29) is 6.04 Å². The van der Waals surface area contributed by atoms with Crippen molar-refractivity contribution in [3.63, 3.8) is 0 Å². The zero-order valence-corrected chi connectivity index (χ0v) is 11.4. The maximum absolute atomic E-state index is 8.99. The van der Waals surface area contributed by atoms with Crippen LogP contribution in [0.2, 0.25) is 0 Å². The second-order valence-electron chi connectivity index (χ2n) is 5.22. The van der Waals surface area contributed by atoms with Crippen LogP contribution in [-0.2, 0) is 0 Å². The standard InChI is InChI=1S/C15H21N3/c1-11-4-5-12(2)15(8-11)18-13(3)9-17-10-14(18)6-7-16/h4-5,8,13-14,17H,6,9-10H2,1-3H3. The largest absolute Gasteiger partial charge is 0.362 e. The molecule has 0 aromatic heterocycles. The summed E-state index contributed by atoms with van der Waals surface area (Å²) in [7, 11) is 0. The molecular formula is C15H21N3.